The zero-order chi connectivity index (χ0) is 12.3. The van der Waals surface area contributed by atoms with Crippen LogP contribution >= 0.6 is 0 Å². The average molecular weight is 238 g/mol. The van der Waals surface area contributed by atoms with E-state index in [1.165, 1.54) is 51.7 Å². The predicted octanol–water partition coefficient (Wildman–Crippen LogP) is 2.89. The number of hydrogen-bond donors (Lipinski definition) is 1. The van der Waals surface area contributed by atoms with E-state index < -0.39 is 0 Å². The minimum atomic E-state index is 0.775. The molecule has 1 aliphatic carbocycles. The minimum absolute atomic E-state index is 0.775. The van der Waals surface area contributed by atoms with Crippen LogP contribution in [-0.4, -0.2) is 36.6 Å². The molecule has 3 atom stereocenters. The molecule has 0 aromatic rings. The molecule has 0 aromatic carbocycles. The second-order valence-corrected chi connectivity index (χ2v) is 6.49. The van der Waals surface area contributed by atoms with E-state index in [9.17, 15) is 0 Å². The van der Waals surface area contributed by atoms with Gasteiger partial charge >= 0.3 is 0 Å². The van der Waals surface area contributed by atoms with Gasteiger partial charge in [-0.05, 0) is 38.0 Å². The maximum absolute atomic E-state index is 3.74. The van der Waals surface area contributed by atoms with Crippen LogP contribution in [0.5, 0.6) is 0 Å². The molecule has 0 aromatic heterocycles. The van der Waals surface area contributed by atoms with Gasteiger partial charge in [0.15, 0.2) is 0 Å². The summed E-state index contributed by atoms with van der Waals surface area (Å²) in [6.45, 7) is 11.0. The third kappa shape index (κ3) is 3.69. The number of nitrogens with zero attached hydrogens (tertiary/aromatic N) is 1. The Morgan fingerprint density at radius 3 is 2.53 bits per heavy atom. The molecule has 0 amide bonds. The molecule has 1 heterocycles. The molecule has 2 aliphatic rings. The molecule has 0 radical (unpaired) electrons. The van der Waals surface area contributed by atoms with Crippen molar-refractivity contribution in [3.63, 3.8) is 0 Å². The largest absolute Gasteiger partial charge is 0.313 e. The van der Waals surface area contributed by atoms with Gasteiger partial charge < -0.3 is 5.32 Å². The Morgan fingerprint density at radius 1 is 1.12 bits per heavy atom. The monoisotopic (exact) mass is 238 g/mol. The molecule has 1 saturated carbocycles. The van der Waals surface area contributed by atoms with Gasteiger partial charge in [0.05, 0.1) is 0 Å². The molecule has 1 aliphatic heterocycles. The third-order valence-corrected chi connectivity index (χ3v) is 4.91. The molecule has 17 heavy (non-hydrogen) atoms. The van der Waals surface area contributed by atoms with Crippen molar-refractivity contribution >= 4 is 0 Å². The van der Waals surface area contributed by atoms with Crippen LogP contribution in [0.25, 0.3) is 0 Å². The molecule has 1 N–H and O–H groups in total. The van der Waals surface area contributed by atoms with Crippen molar-refractivity contribution in [3.8, 4) is 0 Å². The van der Waals surface area contributed by atoms with Gasteiger partial charge in [-0.15, -0.1) is 0 Å². The van der Waals surface area contributed by atoms with Crippen molar-refractivity contribution in [2.45, 2.75) is 65.0 Å². The SMILES string of the molecule is CC1CC(C)C(C)N(CCNC2CCCC2)C1. The quantitative estimate of drug-likeness (QED) is 0.810. The van der Waals surface area contributed by atoms with Gasteiger partial charge in [0.1, 0.15) is 0 Å². The lowest BCUT2D eigenvalue weighted by Crippen LogP contribution is -2.48. The molecule has 0 bridgehead atoms. The minimum Gasteiger partial charge on any atom is -0.313 e. The number of likely N-dealkylation sites (tertiary alicyclic amines) is 1. The first kappa shape index (κ1) is 13.4. The molecule has 2 nitrogen and oxygen atoms in total. The topological polar surface area (TPSA) is 15.3 Å². The molecule has 100 valence electrons. The molecule has 1 saturated heterocycles. The van der Waals surface area contributed by atoms with Crippen LogP contribution in [0, 0.1) is 11.8 Å². The van der Waals surface area contributed by atoms with Gasteiger partial charge in [0.2, 0.25) is 0 Å². The molecule has 2 heteroatoms. The molecule has 2 fully saturated rings. The highest BCUT2D eigenvalue weighted by atomic mass is 15.2. The van der Waals surface area contributed by atoms with Crippen LogP contribution in [-0.2, 0) is 0 Å². The third-order valence-electron chi connectivity index (χ3n) is 4.91. The zero-order valence-electron chi connectivity index (χ0n) is 11.9. The lowest BCUT2D eigenvalue weighted by Gasteiger charge is -2.41. The first-order valence-corrected chi connectivity index (χ1v) is 7.64. The summed E-state index contributed by atoms with van der Waals surface area (Å²) in [7, 11) is 0. The van der Waals surface area contributed by atoms with Gasteiger partial charge in [-0.2, -0.15) is 0 Å². The summed E-state index contributed by atoms with van der Waals surface area (Å²) in [5.74, 6) is 1.75. The van der Waals surface area contributed by atoms with Gasteiger partial charge in [-0.1, -0.05) is 26.7 Å². The molecule has 2 rings (SSSR count). The number of nitrogens with one attached hydrogen (secondary N) is 1. The number of rotatable bonds is 4. The molecular weight excluding hydrogens is 208 g/mol. The summed E-state index contributed by atoms with van der Waals surface area (Å²) in [6, 6.07) is 1.60. The van der Waals surface area contributed by atoms with E-state index in [1.807, 2.05) is 0 Å². The highest BCUT2D eigenvalue weighted by molar-refractivity contribution is 4.83. The summed E-state index contributed by atoms with van der Waals surface area (Å²) < 4.78 is 0. The first-order chi connectivity index (χ1) is 8.16. The Labute approximate surface area is 107 Å². The Morgan fingerprint density at radius 2 is 1.82 bits per heavy atom. The number of piperidine rings is 1. The van der Waals surface area contributed by atoms with Crippen molar-refractivity contribution in [1.82, 2.24) is 10.2 Å². The van der Waals surface area contributed by atoms with Crippen molar-refractivity contribution in [1.29, 1.82) is 0 Å². The van der Waals surface area contributed by atoms with E-state index in [0.717, 1.165) is 23.9 Å². The maximum Gasteiger partial charge on any atom is 0.0110 e. The van der Waals surface area contributed by atoms with Crippen molar-refractivity contribution in [2.24, 2.45) is 11.8 Å². The van der Waals surface area contributed by atoms with Gasteiger partial charge in [0, 0.05) is 31.7 Å². The molecule has 3 unspecified atom stereocenters. The smallest absolute Gasteiger partial charge is 0.0110 e. The van der Waals surface area contributed by atoms with Crippen LogP contribution in [0.3, 0.4) is 0 Å². The second-order valence-electron chi connectivity index (χ2n) is 6.49. The van der Waals surface area contributed by atoms with Gasteiger partial charge in [-0.25, -0.2) is 0 Å². The average Bonchev–Trinajstić information content (AvgIpc) is 2.78. The zero-order valence-corrected chi connectivity index (χ0v) is 11.9. The van der Waals surface area contributed by atoms with Crippen LogP contribution in [0.1, 0.15) is 52.9 Å². The number of hydrogen-bond acceptors (Lipinski definition) is 2. The van der Waals surface area contributed by atoms with Crippen molar-refractivity contribution < 1.29 is 0 Å². The molecule has 0 spiro atoms. The summed E-state index contributed by atoms with van der Waals surface area (Å²) in [4.78, 5) is 2.70. The van der Waals surface area contributed by atoms with Crippen LogP contribution in [0.2, 0.25) is 0 Å². The van der Waals surface area contributed by atoms with Crippen LogP contribution < -0.4 is 5.32 Å². The van der Waals surface area contributed by atoms with Crippen molar-refractivity contribution in [3.05, 3.63) is 0 Å². The van der Waals surface area contributed by atoms with E-state index in [0.29, 0.717) is 0 Å². The van der Waals surface area contributed by atoms with Crippen molar-refractivity contribution in [2.75, 3.05) is 19.6 Å². The summed E-state index contributed by atoms with van der Waals surface area (Å²) in [6.07, 6.45) is 7.09. The fourth-order valence-electron chi connectivity index (χ4n) is 3.67. The standard InChI is InChI=1S/C15H30N2/c1-12-10-13(2)14(3)17(11-12)9-8-16-15-6-4-5-7-15/h12-16H,4-11H2,1-3H3. The lowest BCUT2D eigenvalue weighted by molar-refractivity contribution is 0.0800. The fraction of sp³-hybridized carbons (Fsp3) is 1.00. The summed E-state index contributed by atoms with van der Waals surface area (Å²) in [5, 5.41) is 3.74. The Kier molecular flexibility index (Phi) is 4.87. The van der Waals surface area contributed by atoms with Gasteiger partial charge in [0.25, 0.3) is 0 Å². The normalized spacial score (nSPS) is 36.5. The molecular formula is C15H30N2. The highest BCUT2D eigenvalue weighted by Gasteiger charge is 2.28. The fourth-order valence-corrected chi connectivity index (χ4v) is 3.67. The lowest BCUT2D eigenvalue weighted by atomic mass is 9.86. The Balaban J connectivity index is 1.69. The Bertz CT molecular complexity index is 223. The van der Waals surface area contributed by atoms with E-state index in [2.05, 4.69) is 31.0 Å². The van der Waals surface area contributed by atoms with E-state index in [4.69, 9.17) is 0 Å². The summed E-state index contributed by atoms with van der Waals surface area (Å²) in [5.41, 5.74) is 0. The van der Waals surface area contributed by atoms with Crippen LogP contribution in [0.15, 0.2) is 0 Å². The second kappa shape index (κ2) is 6.19. The maximum atomic E-state index is 3.74. The first-order valence-electron chi connectivity index (χ1n) is 7.64. The summed E-state index contributed by atoms with van der Waals surface area (Å²) >= 11 is 0. The van der Waals surface area contributed by atoms with E-state index in [-0.39, 0.29) is 0 Å². The van der Waals surface area contributed by atoms with Crippen LogP contribution in [0.4, 0.5) is 0 Å². The van der Waals surface area contributed by atoms with Gasteiger partial charge in [-0.3, -0.25) is 4.90 Å². The predicted molar refractivity (Wildman–Crippen MR) is 74.2 cm³/mol. The highest BCUT2D eigenvalue weighted by Crippen LogP contribution is 2.26. The van der Waals surface area contributed by atoms with E-state index >= 15 is 0 Å². The Hall–Kier alpha value is -0.0800. The van der Waals surface area contributed by atoms with E-state index in [1.54, 1.807) is 0 Å².